The van der Waals surface area contributed by atoms with Gasteiger partial charge in [-0.1, -0.05) is 0 Å². The van der Waals surface area contributed by atoms with Gasteiger partial charge in [0.15, 0.2) is 11.6 Å². The molecule has 0 unspecified atom stereocenters. The van der Waals surface area contributed by atoms with Crippen molar-refractivity contribution in [2.45, 2.75) is 13.8 Å². The number of pyridine rings is 2. The number of esters is 1. The van der Waals surface area contributed by atoms with E-state index < -0.39 is 11.8 Å². The second kappa shape index (κ2) is 8.85. The van der Waals surface area contributed by atoms with Crippen LogP contribution in [0, 0.1) is 5.82 Å². The Morgan fingerprint density at radius 3 is 2.50 bits per heavy atom. The van der Waals surface area contributed by atoms with Crippen LogP contribution in [0.15, 0.2) is 43.1 Å². The first kappa shape index (κ1) is 19.2. The van der Waals surface area contributed by atoms with Crippen LogP contribution in [0.2, 0.25) is 0 Å². The van der Waals surface area contributed by atoms with Gasteiger partial charge in [-0.15, -0.1) is 0 Å². The summed E-state index contributed by atoms with van der Waals surface area (Å²) >= 11 is 0. The van der Waals surface area contributed by atoms with Gasteiger partial charge in [0, 0.05) is 30.2 Å². The number of carbonyl (C=O) groups is 1. The SMILES string of the molecule is CCOC(=O)c1cnc(-c2cncc(Oc3ncc(F)cc3OCC)c2)nc1. The van der Waals surface area contributed by atoms with Gasteiger partial charge >= 0.3 is 5.97 Å². The minimum absolute atomic E-state index is 0.112. The molecule has 28 heavy (non-hydrogen) atoms. The zero-order chi connectivity index (χ0) is 19.9. The molecule has 0 amide bonds. The lowest BCUT2D eigenvalue weighted by Gasteiger charge is -2.10. The third-order valence-corrected chi connectivity index (χ3v) is 3.43. The maximum absolute atomic E-state index is 13.4. The Kier molecular flexibility index (Phi) is 6.05. The second-order valence-corrected chi connectivity index (χ2v) is 5.42. The second-order valence-electron chi connectivity index (χ2n) is 5.42. The number of rotatable bonds is 7. The Labute approximate surface area is 160 Å². The summed E-state index contributed by atoms with van der Waals surface area (Å²) in [7, 11) is 0. The van der Waals surface area contributed by atoms with E-state index in [2.05, 4.69) is 19.9 Å². The molecule has 9 heteroatoms. The third kappa shape index (κ3) is 4.56. The quantitative estimate of drug-likeness (QED) is 0.572. The molecular weight excluding hydrogens is 367 g/mol. The highest BCUT2D eigenvalue weighted by molar-refractivity contribution is 5.88. The lowest BCUT2D eigenvalue weighted by atomic mass is 10.2. The molecule has 0 aliphatic heterocycles. The van der Waals surface area contributed by atoms with E-state index >= 15 is 0 Å². The highest BCUT2D eigenvalue weighted by Crippen LogP contribution is 2.30. The third-order valence-electron chi connectivity index (χ3n) is 3.43. The highest BCUT2D eigenvalue weighted by atomic mass is 19.1. The summed E-state index contributed by atoms with van der Waals surface area (Å²) in [6, 6.07) is 2.84. The molecule has 0 saturated heterocycles. The number of nitrogens with zero attached hydrogens (tertiary/aromatic N) is 4. The molecule has 144 valence electrons. The van der Waals surface area contributed by atoms with Crippen molar-refractivity contribution in [3.05, 3.63) is 54.5 Å². The number of hydrogen-bond donors (Lipinski definition) is 0. The van der Waals surface area contributed by atoms with Crippen molar-refractivity contribution in [3.8, 4) is 28.8 Å². The first-order chi connectivity index (χ1) is 13.6. The van der Waals surface area contributed by atoms with E-state index in [1.807, 2.05) is 0 Å². The predicted octanol–water partition coefficient (Wildman–Crippen LogP) is 3.44. The Morgan fingerprint density at radius 1 is 1.00 bits per heavy atom. The van der Waals surface area contributed by atoms with E-state index in [0.29, 0.717) is 23.7 Å². The van der Waals surface area contributed by atoms with E-state index in [0.717, 1.165) is 6.20 Å². The van der Waals surface area contributed by atoms with E-state index in [1.165, 1.54) is 24.7 Å². The average Bonchev–Trinajstić information content (AvgIpc) is 2.71. The summed E-state index contributed by atoms with van der Waals surface area (Å²) in [6.45, 7) is 4.09. The molecule has 3 rings (SSSR count). The van der Waals surface area contributed by atoms with E-state index in [-0.39, 0.29) is 23.8 Å². The zero-order valence-corrected chi connectivity index (χ0v) is 15.3. The Hall–Kier alpha value is -3.62. The molecule has 0 aromatic carbocycles. The molecule has 3 heterocycles. The smallest absolute Gasteiger partial charge is 0.341 e. The van der Waals surface area contributed by atoms with Gasteiger partial charge in [-0.25, -0.2) is 24.1 Å². The van der Waals surface area contributed by atoms with Gasteiger partial charge in [0.2, 0.25) is 0 Å². The van der Waals surface area contributed by atoms with Crippen LogP contribution in [-0.4, -0.2) is 39.1 Å². The molecule has 0 spiro atoms. The van der Waals surface area contributed by atoms with E-state index in [4.69, 9.17) is 14.2 Å². The van der Waals surface area contributed by atoms with Gasteiger partial charge in [-0.05, 0) is 19.9 Å². The summed E-state index contributed by atoms with van der Waals surface area (Å²) < 4.78 is 29.3. The highest BCUT2D eigenvalue weighted by Gasteiger charge is 2.12. The number of hydrogen-bond acceptors (Lipinski definition) is 8. The molecule has 3 aromatic rings. The van der Waals surface area contributed by atoms with Gasteiger partial charge in [0.25, 0.3) is 5.88 Å². The van der Waals surface area contributed by atoms with E-state index in [1.54, 1.807) is 26.1 Å². The summed E-state index contributed by atoms with van der Waals surface area (Å²) in [5, 5.41) is 0. The van der Waals surface area contributed by atoms with Gasteiger partial charge in [0.1, 0.15) is 11.6 Å². The van der Waals surface area contributed by atoms with Crippen molar-refractivity contribution in [1.29, 1.82) is 0 Å². The Balaban J connectivity index is 1.82. The molecule has 0 fully saturated rings. The Morgan fingerprint density at radius 2 is 1.79 bits per heavy atom. The molecule has 0 aliphatic carbocycles. The molecule has 3 aromatic heterocycles. The normalized spacial score (nSPS) is 10.4. The fourth-order valence-electron chi connectivity index (χ4n) is 2.25. The van der Waals surface area contributed by atoms with Gasteiger partial charge < -0.3 is 14.2 Å². The van der Waals surface area contributed by atoms with Crippen molar-refractivity contribution in [2.75, 3.05) is 13.2 Å². The zero-order valence-electron chi connectivity index (χ0n) is 15.3. The van der Waals surface area contributed by atoms with Crippen molar-refractivity contribution >= 4 is 5.97 Å². The number of halogens is 1. The van der Waals surface area contributed by atoms with Crippen LogP contribution in [0.5, 0.6) is 17.4 Å². The average molecular weight is 384 g/mol. The first-order valence-corrected chi connectivity index (χ1v) is 8.51. The van der Waals surface area contributed by atoms with Crippen LogP contribution in [0.25, 0.3) is 11.4 Å². The van der Waals surface area contributed by atoms with Crippen molar-refractivity contribution in [1.82, 2.24) is 19.9 Å². The molecule has 0 radical (unpaired) electrons. The van der Waals surface area contributed by atoms with Crippen LogP contribution in [0.4, 0.5) is 4.39 Å². The summed E-state index contributed by atoms with van der Waals surface area (Å²) in [4.78, 5) is 28.0. The number of aromatic nitrogens is 4. The van der Waals surface area contributed by atoms with Gasteiger partial charge in [-0.2, -0.15) is 0 Å². The molecule has 0 aliphatic rings. The van der Waals surface area contributed by atoms with E-state index in [9.17, 15) is 9.18 Å². The maximum atomic E-state index is 13.4. The molecule has 0 saturated carbocycles. The van der Waals surface area contributed by atoms with Crippen LogP contribution in [0.3, 0.4) is 0 Å². The predicted molar refractivity (Wildman–Crippen MR) is 96.7 cm³/mol. The standard InChI is InChI=1S/C19H17FN4O4/c1-3-26-16-6-14(20)10-24-18(16)28-15-5-12(7-21-11-15)17-22-8-13(9-23-17)19(25)27-4-2/h5-11H,3-4H2,1-2H3. The summed E-state index contributed by atoms with van der Waals surface area (Å²) in [5.41, 5.74) is 0.816. The molecule has 8 nitrogen and oxygen atoms in total. The lowest BCUT2D eigenvalue weighted by molar-refractivity contribution is 0.0525. The first-order valence-electron chi connectivity index (χ1n) is 8.51. The van der Waals surface area contributed by atoms with Crippen LogP contribution in [-0.2, 0) is 4.74 Å². The molecular formula is C19H17FN4O4. The number of carbonyl (C=O) groups excluding carboxylic acids is 1. The maximum Gasteiger partial charge on any atom is 0.341 e. The van der Waals surface area contributed by atoms with Crippen molar-refractivity contribution in [3.63, 3.8) is 0 Å². The molecule has 0 atom stereocenters. The summed E-state index contributed by atoms with van der Waals surface area (Å²) in [6.07, 6.45) is 6.81. The van der Waals surface area contributed by atoms with Gasteiger partial charge in [-0.3, -0.25) is 4.98 Å². The fraction of sp³-hybridized carbons (Fsp3) is 0.211. The minimum atomic E-state index is -0.530. The van der Waals surface area contributed by atoms with Crippen molar-refractivity contribution < 1.29 is 23.4 Å². The van der Waals surface area contributed by atoms with Crippen LogP contribution in [0.1, 0.15) is 24.2 Å². The lowest BCUT2D eigenvalue weighted by Crippen LogP contribution is -2.06. The largest absolute Gasteiger partial charge is 0.488 e. The van der Waals surface area contributed by atoms with Crippen LogP contribution >= 0.6 is 0 Å². The number of ether oxygens (including phenoxy) is 3. The minimum Gasteiger partial charge on any atom is -0.488 e. The molecule has 0 bridgehead atoms. The monoisotopic (exact) mass is 384 g/mol. The van der Waals surface area contributed by atoms with Crippen molar-refractivity contribution in [2.24, 2.45) is 0 Å². The topological polar surface area (TPSA) is 96.3 Å². The molecule has 0 N–H and O–H groups in total. The summed E-state index contributed by atoms with van der Waals surface area (Å²) in [5.74, 6) is -0.0321. The van der Waals surface area contributed by atoms with Crippen LogP contribution < -0.4 is 9.47 Å². The van der Waals surface area contributed by atoms with Gasteiger partial charge in [0.05, 0.1) is 31.2 Å². The Bertz CT molecular complexity index is 966. The fourth-order valence-corrected chi connectivity index (χ4v) is 2.25.